The van der Waals surface area contributed by atoms with E-state index in [-0.39, 0.29) is 18.1 Å². The van der Waals surface area contributed by atoms with E-state index in [1.54, 1.807) is 7.11 Å². The summed E-state index contributed by atoms with van der Waals surface area (Å²) in [5.41, 5.74) is 0.697. The van der Waals surface area contributed by atoms with E-state index in [1.807, 2.05) is 39.0 Å². The highest BCUT2D eigenvalue weighted by Gasteiger charge is 2.16. The molecule has 2 N–H and O–H groups in total. The fraction of sp³-hybridized carbons (Fsp3) is 0.650. The second kappa shape index (κ2) is 11.0. The third-order valence-electron chi connectivity index (χ3n) is 3.96. The highest BCUT2D eigenvalue weighted by molar-refractivity contribution is 5.78. The quantitative estimate of drug-likeness (QED) is 0.590. The maximum Gasteiger partial charge on any atom is 0.258 e. The molecule has 0 bridgehead atoms. The molecule has 0 aliphatic heterocycles. The number of amides is 1. The number of hydrogen-bond acceptors (Lipinski definition) is 5. The van der Waals surface area contributed by atoms with E-state index in [0.717, 1.165) is 31.7 Å². The van der Waals surface area contributed by atoms with Crippen LogP contribution in [0.5, 0.6) is 11.5 Å². The topological polar surface area (TPSA) is 62.8 Å². The van der Waals surface area contributed by atoms with E-state index < -0.39 is 0 Å². The van der Waals surface area contributed by atoms with Gasteiger partial charge in [0.15, 0.2) is 18.1 Å². The molecule has 0 aliphatic carbocycles. The monoisotopic (exact) mass is 365 g/mol. The Labute approximate surface area is 158 Å². The zero-order valence-corrected chi connectivity index (χ0v) is 17.1. The summed E-state index contributed by atoms with van der Waals surface area (Å²) in [4.78, 5) is 14.4. The molecule has 0 radical (unpaired) electrons. The van der Waals surface area contributed by atoms with Crippen LogP contribution in [0.3, 0.4) is 0 Å². The van der Waals surface area contributed by atoms with Crippen LogP contribution in [-0.2, 0) is 11.3 Å². The molecule has 148 valence electrons. The third-order valence-corrected chi connectivity index (χ3v) is 3.96. The van der Waals surface area contributed by atoms with Gasteiger partial charge in [0, 0.05) is 30.7 Å². The van der Waals surface area contributed by atoms with Crippen LogP contribution in [-0.4, -0.2) is 56.2 Å². The molecule has 0 saturated heterocycles. The largest absolute Gasteiger partial charge is 0.493 e. The van der Waals surface area contributed by atoms with Crippen molar-refractivity contribution in [1.82, 2.24) is 15.5 Å². The predicted molar refractivity (Wildman–Crippen MR) is 106 cm³/mol. The summed E-state index contributed by atoms with van der Waals surface area (Å²) in [5, 5.41) is 6.34. The lowest BCUT2D eigenvalue weighted by molar-refractivity contribution is -0.124. The van der Waals surface area contributed by atoms with Gasteiger partial charge in [-0.15, -0.1) is 0 Å². The molecule has 0 unspecified atom stereocenters. The van der Waals surface area contributed by atoms with Gasteiger partial charge in [-0.1, -0.05) is 26.0 Å². The van der Waals surface area contributed by atoms with Gasteiger partial charge in [0.05, 0.1) is 7.11 Å². The van der Waals surface area contributed by atoms with Gasteiger partial charge in [0.1, 0.15) is 0 Å². The SMILES string of the molecule is CCN(CC)CCNCc1cccc(OC)c1OCC(=O)NC(C)(C)C. The van der Waals surface area contributed by atoms with Gasteiger partial charge in [-0.2, -0.15) is 0 Å². The summed E-state index contributed by atoms with van der Waals surface area (Å²) in [6.45, 7) is 14.8. The zero-order valence-electron chi connectivity index (χ0n) is 17.1. The van der Waals surface area contributed by atoms with Gasteiger partial charge in [-0.25, -0.2) is 0 Å². The van der Waals surface area contributed by atoms with Crippen LogP contribution in [0.15, 0.2) is 18.2 Å². The maximum atomic E-state index is 12.0. The molecule has 0 spiro atoms. The van der Waals surface area contributed by atoms with Gasteiger partial charge in [0.2, 0.25) is 0 Å². The van der Waals surface area contributed by atoms with E-state index >= 15 is 0 Å². The average Bonchev–Trinajstić information content (AvgIpc) is 2.58. The van der Waals surface area contributed by atoms with E-state index in [0.29, 0.717) is 18.0 Å². The van der Waals surface area contributed by atoms with Gasteiger partial charge in [-0.05, 0) is 39.9 Å². The van der Waals surface area contributed by atoms with E-state index in [9.17, 15) is 4.79 Å². The number of carbonyl (C=O) groups is 1. The third kappa shape index (κ3) is 8.06. The molecule has 0 aliphatic rings. The molecule has 1 aromatic rings. The second-order valence-corrected chi connectivity index (χ2v) is 7.24. The number of para-hydroxylation sites is 1. The molecule has 6 nitrogen and oxygen atoms in total. The molecule has 6 heteroatoms. The van der Waals surface area contributed by atoms with Crippen molar-refractivity contribution < 1.29 is 14.3 Å². The molecule has 0 aromatic heterocycles. The fourth-order valence-corrected chi connectivity index (χ4v) is 2.62. The molecule has 1 aromatic carbocycles. The van der Waals surface area contributed by atoms with Crippen molar-refractivity contribution in [3.05, 3.63) is 23.8 Å². The molecule has 0 fully saturated rings. The number of hydrogen-bond donors (Lipinski definition) is 2. The van der Waals surface area contributed by atoms with E-state index in [4.69, 9.17) is 9.47 Å². The summed E-state index contributed by atoms with van der Waals surface area (Å²) in [6.07, 6.45) is 0. The van der Waals surface area contributed by atoms with Crippen molar-refractivity contribution in [2.45, 2.75) is 46.7 Å². The Kier molecular flexibility index (Phi) is 9.44. The van der Waals surface area contributed by atoms with Crippen LogP contribution in [0.1, 0.15) is 40.2 Å². The minimum Gasteiger partial charge on any atom is -0.493 e. The summed E-state index contributed by atoms with van der Waals surface area (Å²) in [5.74, 6) is 1.11. The molecule has 1 amide bonds. The second-order valence-electron chi connectivity index (χ2n) is 7.24. The Hall–Kier alpha value is -1.79. The lowest BCUT2D eigenvalue weighted by atomic mass is 10.1. The van der Waals surface area contributed by atoms with Crippen molar-refractivity contribution in [1.29, 1.82) is 0 Å². The number of ether oxygens (including phenoxy) is 2. The smallest absolute Gasteiger partial charge is 0.258 e. The normalized spacial score (nSPS) is 11.5. The standard InChI is InChI=1S/C20H35N3O3/c1-7-23(8-2)13-12-21-14-16-10-9-11-17(25-6)19(16)26-15-18(24)22-20(3,4)5/h9-11,21H,7-8,12-15H2,1-6H3,(H,22,24). The first-order valence-corrected chi connectivity index (χ1v) is 9.33. The minimum absolute atomic E-state index is 0.0376. The maximum absolute atomic E-state index is 12.0. The van der Waals surface area contributed by atoms with Crippen LogP contribution < -0.4 is 20.1 Å². The number of nitrogens with zero attached hydrogens (tertiary/aromatic N) is 1. The first-order valence-electron chi connectivity index (χ1n) is 9.33. The molecule has 26 heavy (non-hydrogen) atoms. The predicted octanol–water partition coefficient (Wildman–Crippen LogP) is 2.42. The lowest BCUT2D eigenvalue weighted by Crippen LogP contribution is -2.43. The number of rotatable bonds is 11. The number of carbonyl (C=O) groups excluding carboxylic acids is 1. The number of methoxy groups -OCH3 is 1. The summed E-state index contributed by atoms with van der Waals surface area (Å²) < 4.78 is 11.2. The van der Waals surface area contributed by atoms with Crippen LogP contribution in [0.2, 0.25) is 0 Å². The summed E-state index contributed by atoms with van der Waals surface area (Å²) in [7, 11) is 1.61. The fourth-order valence-electron chi connectivity index (χ4n) is 2.62. The van der Waals surface area contributed by atoms with Gasteiger partial charge >= 0.3 is 0 Å². The molecular weight excluding hydrogens is 330 g/mol. The van der Waals surface area contributed by atoms with Crippen molar-refractivity contribution in [2.75, 3.05) is 39.9 Å². The first-order chi connectivity index (χ1) is 12.3. The zero-order chi connectivity index (χ0) is 19.6. The van der Waals surface area contributed by atoms with Crippen molar-refractivity contribution in [3.63, 3.8) is 0 Å². The van der Waals surface area contributed by atoms with Gasteiger partial charge in [-0.3, -0.25) is 4.79 Å². The van der Waals surface area contributed by atoms with E-state index in [2.05, 4.69) is 29.4 Å². The minimum atomic E-state index is -0.282. The Bertz CT molecular complexity index is 552. The Morgan fingerprint density at radius 1 is 1.19 bits per heavy atom. The average molecular weight is 366 g/mol. The molecule has 0 saturated carbocycles. The number of benzene rings is 1. The Morgan fingerprint density at radius 2 is 1.88 bits per heavy atom. The summed E-state index contributed by atoms with van der Waals surface area (Å²) >= 11 is 0. The van der Waals surface area contributed by atoms with Crippen LogP contribution in [0, 0.1) is 0 Å². The molecular formula is C20H35N3O3. The molecule has 0 atom stereocenters. The highest BCUT2D eigenvalue weighted by Crippen LogP contribution is 2.31. The molecule has 0 heterocycles. The van der Waals surface area contributed by atoms with Crippen molar-refractivity contribution >= 4 is 5.91 Å². The van der Waals surface area contributed by atoms with E-state index in [1.165, 1.54) is 0 Å². The number of likely N-dealkylation sites (N-methyl/N-ethyl adjacent to an activating group) is 1. The number of nitrogens with one attached hydrogen (secondary N) is 2. The van der Waals surface area contributed by atoms with Gasteiger partial charge < -0.3 is 25.0 Å². The molecule has 1 rings (SSSR count). The van der Waals surface area contributed by atoms with Gasteiger partial charge in [0.25, 0.3) is 5.91 Å². The summed E-state index contributed by atoms with van der Waals surface area (Å²) in [6, 6.07) is 5.77. The Balaban J connectivity index is 2.67. The first kappa shape index (κ1) is 22.3. The van der Waals surface area contributed by atoms with Crippen LogP contribution in [0.4, 0.5) is 0 Å². The van der Waals surface area contributed by atoms with Crippen LogP contribution >= 0.6 is 0 Å². The Morgan fingerprint density at radius 3 is 2.46 bits per heavy atom. The van der Waals surface area contributed by atoms with Crippen LogP contribution in [0.25, 0.3) is 0 Å². The van der Waals surface area contributed by atoms with Crippen molar-refractivity contribution in [3.8, 4) is 11.5 Å². The highest BCUT2D eigenvalue weighted by atomic mass is 16.5. The van der Waals surface area contributed by atoms with Crippen molar-refractivity contribution in [2.24, 2.45) is 0 Å². The lowest BCUT2D eigenvalue weighted by Gasteiger charge is -2.21.